The quantitative estimate of drug-likeness (QED) is 0.679. The molecule has 1 atom stereocenters. The first kappa shape index (κ1) is 18.4. The maximum Gasteiger partial charge on any atom is 0.224 e. The number of carbonyl (C=O) groups is 1. The fourth-order valence-electron chi connectivity index (χ4n) is 3.94. The highest BCUT2D eigenvalue weighted by Crippen LogP contribution is 2.30. The van der Waals surface area contributed by atoms with E-state index in [9.17, 15) is 4.79 Å². The van der Waals surface area contributed by atoms with Gasteiger partial charge in [0.1, 0.15) is 5.76 Å². The molecule has 0 N–H and O–H groups in total. The summed E-state index contributed by atoms with van der Waals surface area (Å²) in [6.45, 7) is 6.09. The smallest absolute Gasteiger partial charge is 0.224 e. The predicted octanol–water partition coefficient (Wildman–Crippen LogP) is 3.35. The van der Waals surface area contributed by atoms with Gasteiger partial charge in [0.2, 0.25) is 5.91 Å². The van der Waals surface area contributed by atoms with Gasteiger partial charge in [0.15, 0.2) is 0 Å². The molecule has 1 aliphatic rings. The summed E-state index contributed by atoms with van der Waals surface area (Å²) in [6.07, 6.45) is 9.83. The number of aryl methyl sites for hydroxylation is 3. The highest BCUT2D eigenvalue weighted by Gasteiger charge is 2.25. The van der Waals surface area contributed by atoms with E-state index in [2.05, 4.69) is 22.3 Å². The van der Waals surface area contributed by atoms with E-state index in [-0.39, 0.29) is 11.8 Å². The molecule has 3 aromatic heterocycles. The molecule has 3 aromatic rings. The van der Waals surface area contributed by atoms with Gasteiger partial charge in [-0.05, 0) is 32.8 Å². The number of rotatable bonds is 5. The van der Waals surface area contributed by atoms with Gasteiger partial charge >= 0.3 is 0 Å². The van der Waals surface area contributed by atoms with Crippen LogP contribution in [0, 0.1) is 13.8 Å². The Labute approximate surface area is 164 Å². The number of hydrogen-bond donors (Lipinski definition) is 0. The van der Waals surface area contributed by atoms with Crippen molar-refractivity contribution in [1.82, 2.24) is 24.6 Å². The summed E-state index contributed by atoms with van der Waals surface area (Å²) in [7, 11) is 0. The Kier molecular flexibility index (Phi) is 5.23. The molecule has 1 amide bonds. The van der Waals surface area contributed by atoms with E-state index >= 15 is 0 Å². The molecule has 0 bridgehead atoms. The highest BCUT2D eigenvalue weighted by molar-refractivity contribution is 5.76. The molecule has 0 spiro atoms. The van der Waals surface area contributed by atoms with Crippen LogP contribution >= 0.6 is 0 Å². The first-order chi connectivity index (χ1) is 13.6. The van der Waals surface area contributed by atoms with Crippen molar-refractivity contribution in [2.24, 2.45) is 0 Å². The topological polar surface area (TPSA) is 77.0 Å². The largest absolute Gasteiger partial charge is 0.361 e. The van der Waals surface area contributed by atoms with Crippen LogP contribution in [0.5, 0.6) is 0 Å². The maximum absolute atomic E-state index is 12.6. The van der Waals surface area contributed by atoms with Gasteiger partial charge in [-0.3, -0.25) is 9.78 Å². The molecule has 1 saturated heterocycles. The standard InChI is InChI=1S/C21H25N5O2/c1-15-21(16(2)28-24-15)17-5-6-19(23-12-17)18-4-3-9-26(13-18)20(27)7-10-25-11-8-22-14-25/h5-6,8,11-12,14,18H,3-4,7,9-10,13H2,1-2H3. The summed E-state index contributed by atoms with van der Waals surface area (Å²) < 4.78 is 7.20. The van der Waals surface area contributed by atoms with Gasteiger partial charge in [-0.25, -0.2) is 4.98 Å². The van der Waals surface area contributed by atoms with Crippen LogP contribution in [0.25, 0.3) is 11.1 Å². The van der Waals surface area contributed by atoms with Gasteiger partial charge in [-0.1, -0.05) is 11.2 Å². The van der Waals surface area contributed by atoms with E-state index in [0.717, 1.165) is 54.2 Å². The van der Waals surface area contributed by atoms with Crippen molar-refractivity contribution >= 4 is 5.91 Å². The van der Waals surface area contributed by atoms with Gasteiger partial charge < -0.3 is 14.0 Å². The first-order valence-electron chi connectivity index (χ1n) is 9.74. The minimum Gasteiger partial charge on any atom is -0.361 e. The molecule has 4 rings (SSSR count). The predicted molar refractivity (Wildman–Crippen MR) is 105 cm³/mol. The van der Waals surface area contributed by atoms with E-state index in [4.69, 9.17) is 9.51 Å². The minimum atomic E-state index is 0.200. The fourth-order valence-corrected chi connectivity index (χ4v) is 3.94. The molecule has 7 heteroatoms. The van der Waals surface area contributed by atoms with Crippen LogP contribution < -0.4 is 0 Å². The average molecular weight is 379 g/mol. The molecular formula is C21H25N5O2. The normalized spacial score (nSPS) is 17.1. The lowest BCUT2D eigenvalue weighted by atomic mass is 9.93. The number of pyridine rings is 1. The van der Waals surface area contributed by atoms with Crippen LogP contribution in [0.15, 0.2) is 41.6 Å². The summed E-state index contributed by atoms with van der Waals surface area (Å²) in [5, 5.41) is 4.02. The van der Waals surface area contributed by atoms with Crippen molar-refractivity contribution in [3.63, 3.8) is 0 Å². The zero-order valence-corrected chi connectivity index (χ0v) is 16.3. The van der Waals surface area contributed by atoms with Crippen LogP contribution in [0.4, 0.5) is 0 Å². The van der Waals surface area contributed by atoms with Crippen LogP contribution in [0.1, 0.15) is 42.3 Å². The monoisotopic (exact) mass is 379 g/mol. The Hall–Kier alpha value is -2.96. The number of imidazole rings is 1. The van der Waals surface area contributed by atoms with Crippen molar-refractivity contribution in [2.75, 3.05) is 13.1 Å². The van der Waals surface area contributed by atoms with Gasteiger partial charge in [-0.15, -0.1) is 0 Å². The molecule has 7 nitrogen and oxygen atoms in total. The van der Waals surface area contributed by atoms with Crippen LogP contribution in [-0.4, -0.2) is 43.6 Å². The molecular weight excluding hydrogens is 354 g/mol. The summed E-state index contributed by atoms with van der Waals surface area (Å²) in [6, 6.07) is 4.15. The van der Waals surface area contributed by atoms with E-state index in [0.29, 0.717) is 13.0 Å². The van der Waals surface area contributed by atoms with Crippen molar-refractivity contribution in [3.05, 3.63) is 54.2 Å². The number of carbonyl (C=O) groups excluding carboxylic acids is 1. The van der Waals surface area contributed by atoms with Crippen molar-refractivity contribution in [3.8, 4) is 11.1 Å². The third kappa shape index (κ3) is 3.83. The molecule has 28 heavy (non-hydrogen) atoms. The zero-order valence-electron chi connectivity index (χ0n) is 16.3. The number of likely N-dealkylation sites (tertiary alicyclic amines) is 1. The maximum atomic E-state index is 12.6. The highest BCUT2D eigenvalue weighted by atomic mass is 16.5. The van der Waals surface area contributed by atoms with Crippen LogP contribution in [0.2, 0.25) is 0 Å². The van der Waals surface area contributed by atoms with Crippen molar-refractivity contribution < 1.29 is 9.32 Å². The molecule has 146 valence electrons. The Morgan fingerprint density at radius 1 is 1.32 bits per heavy atom. The second-order valence-corrected chi connectivity index (χ2v) is 7.40. The lowest BCUT2D eigenvalue weighted by molar-refractivity contribution is -0.132. The molecule has 4 heterocycles. The average Bonchev–Trinajstić information content (AvgIpc) is 3.36. The lowest BCUT2D eigenvalue weighted by Crippen LogP contribution is -2.39. The number of hydrogen-bond acceptors (Lipinski definition) is 5. The summed E-state index contributed by atoms with van der Waals surface area (Å²) in [5.74, 6) is 1.29. The molecule has 0 radical (unpaired) electrons. The summed E-state index contributed by atoms with van der Waals surface area (Å²) in [5.41, 5.74) is 3.95. The first-order valence-corrected chi connectivity index (χ1v) is 9.74. The number of amides is 1. The van der Waals surface area contributed by atoms with E-state index in [1.165, 1.54) is 0 Å². The second-order valence-electron chi connectivity index (χ2n) is 7.40. The lowest BCUT2D eigenvalue weighted by Gasteiger charge is -2.32. The van der Waals surface area contributed by atoms with Gasteiger partial charge in [-0.2, -0.15) is 0 Å². The van der Waals surface area contributed by atoms with Crippen molar-refractivity contribution in [2.45, 2.75) is 45.6 Å². The molecule has 1 unspecified atom stereocenters. The Morgan fingerprint density at radius 2 is 2.21 bits per heavy atom. The molecule has 0 aliphatic carbocycles. The van der Waals surface area contributed by atoms with E-state index in [1.54, 1.807) is 12.5 Å². The Bertz CT molecular complexity index is 911. The van der Waals surface area contributed by atoms with Gasteiger partial charge in [0.25, 0.3) is 0 Å². The third-order valence-corrected chi connectivity index (χ3v) is 5.44. The number of piperidine rings is 1. The zero-order chi connectivity index (χ0) is 19.5. The molecule has 0 aromatic carbocycles. The van der Waals surface area contributed by atoms with E-state index in [1.807, 2.05) is 35.7 Å². The molecule has 0 saturated carbocycles. The van der Waals surface area contributed by atoms with Crippen LogP contribution in [-0.2, 0) is 11.3 Å². The van der Waals surface area contributed by atoms with Gasteiger partial charge in [0.05, 0.1) is 12.0 Å². The fraction of sp³-hybridized carbons (Fsp3) is 0.429. The minimum absolute atomic E-state index is 0.200. The SMILES string of the molecule is Cc1noc(C)c1-c1ccc(C2CCCN(C(=O)CCn3ccnc3)C2)nc1. The molecule has 1 aliphatic heterocycles. The second kappa shape index (κ2) is 7.96. The van der Waals surface area contributed by atoms with Crippen molar-refractivity contribution in [1.29, 1.82) is 0 Å². The van der Waals surface area contributed by atoms with E-state index < -0.39 is 0 Å². The Balaban J connectivity index is 1.41. The third-order valence-electron chi connectivity index (χ3n) is 5.44. The molecule has 1 fully saturated rings. The Morgan fingerprint density at radius 3 is 2.89 bits per heavy atom. The summed E-state index contributed by atoms with van der Waals surface area (Å²) >= 11 is 0. The number of nitrogens with zero attached hydrogens (tertiary/aromatic N) is 5. The van der Waals surface area contributed by atoms with Crippen LogP contribution in [0.3, 0.4) is 0 Å². The van der Waals surface area contributed by atoms with Gasteiger partial charge in [0, 0.05) is 67.4 Å². The summed E-state index contributed by atoms with van der Waals surface area (Å²) in [4.78, 5) is 23.3. The number of aromatic nitrogens is 4.